The lowest BCUT2D eigenvalue weighted by atomic mass is 10.2. The van der Waals surface area contributed by atoms with E-state index in [-0.39, 0.29) is 5.91 Å². The number of rotatable bonds is 4. The second-order valence-electron chi connectivity index (χ2n) is 4.52. The van der Waals surface area contributed by atoms with Gasteiger partial charge in [-0.25, -0.2) is 0 Å². The first-order chi connectivity index (χ1) is 10.1. The van der Waals surface area contributed by atoms with Crippen molar-refractivity contribution in [3.8, 4) is 5.75 Å². The predicted molar refractivity (Wildman–Crippen MR) is 86.8 cm³/mol. The van der Waals surface area contributed by atoms with Gasteiger partial charge in [0.2, 0.25) is 5.91 Å². The molecule has 2 rings (SSSR count). The lowest BCUT2D eigenvalue weighted by Crippen LogP contribution is -2.08. The van der Waals surface area contributed by atoms with Gasteiger partial charge in [-0.15, -0.1) is 0 Å². The number of aryl methyl sites for hydroxylation is 1. The molecule has 2 aromatic rings. The highest BCUT2D eigenvalue weighted by atomic mass is 35.5. The number of hydrogen-bond donors (Lipinski definition) is 1. The van der Waals surface area contributed by atoms with E-state index in [1.807, 2.05) is 37.3 Å². The van der Waals surface area contributed by atoms with E-state index < -0.39 is 0 Å². The highest BCUT2D eigenvalue weighted by Gasteiger charge is 2.03. The molecule has 0 heterocycles. The molecule has 0 aliphatic rings. The zero-order valence-electron chi connectivity index (χ0n) is 11.9. The largest absolute Gasteiger partial charge is 0.496 e. The summed E-state index contributed by atoms with van der Waals surface area (Å²) in [5.41, 5.74) is 2.51. The fourth-order valence-electron chi connectivity index (χ4n) is 1.87. The van der Waals surface area contributed by atoms with Gasteiger partial charge in [-0.3, -0.25) is 4.79 Å². The first kappa shape index (κ1) is 15.1. The highest BCUT2D eigenvalue weighted by molar-refractivity contribution is 6.31. The second-order valence-corrected chi connectivity index (χ2v) is 4.96. The Morgan fingerprint density at radius 2 is 2.00 bits per heavy atom. The van der Waals surface area contributed by atoms with E-state index in [0.717, 1.165) is 16.9 Å². The molecule has 0 aromatic heterocycles. The van der Waals surface area contributed by atoms with E-state index >= 15 is 0 Å². The van der Waals surface area contributed by atoms with Gasteiger partial charge in [-0.1, -0.05) is 35.9 Å². The molecule has 108 valence electrons. The number of benzene rings is 2. The van der Waals surface area contributed by atoms with Crippen molar-refractivity contribution in [3.63, 3.8) is 0 Å². The standard InChI is InChI=1S/C17H16ClNO2/c1-12-7-9-14(18)11-15(12)19-17(20)10-8-13-5-3-4-6-16(13)21-2/h3-11H,1-2H3,(H,19,20)/b10-8+. The SMILES string of the molecule is COc1ccccc1/C=C/C(=O)Nc1cc(Cl)ccc1C. The van der Waals surface area contributed by atoms with Crippen molar-refractivity contribution in [2.45, 2.75) is 6.92 Å². The Morgan fingerprint density at radius 3 is 2.76 bits per heavy atom. The second kappa shape index (κ2) is 6.95. The van der Waals surface area contributed by atoms with Gasteiger partial charge in [0.05, 0.1) is 7.11 Å². The molecule has 0 bridgehead atoms. The molecule has 4 heteroatoms. The predicted octanol–water partition coefficient (Wildman–Crippen LogP) is 4.31. The summed E-state index contributed by atoms with van der Waals surface area (Å²) in [6, 6.07) is 12.9. The normalized spacial score (nSPS) is 10.6. The van der Waals surface area contributed by atoms with Crippen molar-refractivity contribution in [1.29, 1.82) is 0 Å². The molecular weight excluding hydrogens is 286 g/mol. The maximum Gasteiger partial charge on any atom is 0.248 e. The molecule has 0 aliphatic heterocycles. The van der Waals surface area contributed by atoms with Crippen LogP contribution in [-0.4, -0.2) is 13.0 Å². The fourth-order valence-corrected chi connectivity index (χ4v) is 2.04. The molecule has 1 amide bonds. The third-order valence-corrected chi connectivity index (χ3v) is 3.25. The highest BCUT2D eigenvalue weighted by Crippen LogP contribution is 2.21. The van der Waals surface area contributed by atoms with Crippen molar-refractivity contribution in [2.24, 2.45) is 0 Å². The first-order valence-corrected chi connectivity index (χ1v) is 6.86. The number of amides is 1. The van der Waals surface area contributed by atoms with Crippen molar-refractivity contribution in [2.75, 3.05) is 12.4 Å². The number of carbonyl (C=O) groups is 1. The number of nitrogens with one attached hydrogen (secondary N) is 1. The van der Waals surface area contributed by atoms with E-state index in [4.69, 9.17) is 16.3 Å². The average molecular weight is 302 g/mol. The van der Waals surface area contributed by atoms with E-state index in [9.17, 15) is 4.79 Å². The molecule has 0 saturated heterocycles. The molecule has 1 N–H and O–H groups in total. The van der Waals surface area contributed by atoms with Crippen LogP contribution in [0.3, 0.4) is 0 Å². The maximum absolute atomic E-state index is 12.0. The van der Waals surface area contributed by atoms with E-state index in [2.05, 4.69) is 5.32 Å². The monoisotopic (exact) mass is 301 g/mol. The topological polar surface area (TPSA) is 38.3 Å². The van der Waals surface area contributed by atoms with Crippen LogP contribution in [0.15, 0.2) is 48.5 Å². The summed E-state index contributed by atoms with van der Waals surface area (Å²) in [4.78, 5) is 12.0. The summed E-state index contributed by atoms with van der Waals surface area (Å²) in [5.74, 6) is 0.506. The van der Waals surface area contributed by atoms with Gasteiger partial charge in [0, 0.05) is 22.3 Å². The number of anilines is 1. The number of methoxy groups -OCH3 is 1. The summed E-state index contributed by atoms with van der Waals surface area (Å²) in [6.07, 6.45) is 3.19. The summed E-state index contributed by atoms with van der Waals surface area (Å²) >= 11 is 5.93. The average Bonchev–Trinajstić information content (AvgIpc) is 2.49. The summed E-state index contributed by atoms with van der Waals surface area (Å²) in [7, 11) is 1.60. The Balaban J connectivity index is 2.11. The van der Waals surface area contributed by atoms with Crippen LogP contribution in [0.1, 0.15) is 11.1 Å². The van der Waals surface area contributed by atoms with Crippen LogP contribution < -0.4 is 10.1 Å². The number of ether oxygens (including phenoxy) is 1. The first-order valence-electron chi connectivity index (χ1n) is 6.48. The van der Waals surface area contributed by atoms with Gasteiger partial charge < -0.3 is 10.1 Å². The van der Waals surface area contributed by atoms with Crippen molar-refractivity contribution in [3.05, 3.63) is 64.7 Å². The van der Waals surface area contributed by atoms with E-state index in [0.29, 0.717) is 10.7 Å². The molecule has 0 fully saturated rings. The van der Waals surface area contributed by atoms with Crippen LogP contribution in [0.4, 0.5) is 5.69 Å². The molecule has 0 unspecified atom stereocenters. The van der Waals surface area contributed by atoms with Crippen LogP contribution >= 0.6 is 11.6 Å². The quantitative estimate of drug-likeness (QED) is 0.855. The van der Waals surface area contributed by atoms with Crippen molar-refractivity contribution in [1.82, 2.24) is 0 Å². The zero-order chi connectivity index (χ0) is 15.2. The minimum Gasteiger partial charge on any atom is -0.496 e. The maximum atomic E-state index is 12.0. The number of carbonyl (C=O) groups excluding carboxylic acids is 1. The van der Waals surface area contributed by atoms with Crippen LogP contribution in [0.5, 0.6) is 5.75 Å². The van der Waals surface area contributed by atoms with Crippen molar-refractivity contribution >= 4 is 29.3 Å². The van der Waals surface area contributed by atoms with Crippen LogP contribution in [-0.2, 0) is 4.79 Å². The summed E-state index contributed by atoms with van der Waals surface area (Å²) in [6.45, 7) is 1.91. The Hall–Kier alpha value is -2.26. The fraction of sp³-hybridized carbons (Fsp3) is 0.118. The van der Waals surface area contributed by atoms with Gasteiger partial charge >= 0.3 is 0 Å². The Kier molecular flexibility index (Phi) is 5.01. The smallest absolute Gasteiger partial charge is 0.248 e. The summed E-state index contributed by atoms with van der Waals surface area (Å²) < 4.78 is 5.23. The number of hydrogen-bond acceptors (Lipinski definition) is 2. The lowest BCUT2D eigenvalue weighted by molar-refractivity contribution is -0.111. The van der Waals surface area contributed by atoms with Crippen LogP contribution in [0, 0.1) is 6.92 Å². The third-order valence-electron chi connectivity index (χ3n) is 3.01. The number of para-hydroxylation sites is 1. The van der Waals surface area contributed by atoms with Gasteiger partial charge in [0.1, 0.15) is 5.75 Å². The molecule has 3 nitrogen and oxygen atoms in total. The van der Waals surface area contributed by atoms with Gasteiger partial charge in [0.15, 0.2) is 0 Å². The minimum atomic E-state index is -0.216. The Morgan fingerprint density at radius 1 is 1.24 bits per heavy atom. The number of halogens is 1. The van der Waals surface area contributed by atoms with Gasteiger partial charge in [-0.05, 0) is 36.8 Å². The zero-order valence-corrected chi connectivity index (χ0v) is 12.6. The summed E-state index contributed by atoms with van der Waals surface area (Å²) in [5, 5.41) is 3.40. The van der Waals surface area contributed by atoms with Crippen LogP contribution in [0.2, 0.25) is 5.02 Å². The van der Waals surface area contributed by atoms with E-state index in [1.165, 1.54) is 6.08 Å². The lowest BCUT2D eigenvalue weighted by Gasteiger charge is -2.07. The van der Waals surface area contributed by atoms with Crippen molar-refractivity contribution < 1.29 is 9.53 Å². The van der Waals surface area contributed by atoms with E-state index in [1.54, 1.807) is 25.3 Å². The minimum absolute atomic E-state index is 0.216. The van der Waals surface area contributed by atoms with Gasteiger partial charge in [0.25, 0.3) is 0 Å². The molecule has 2 aromatic carbocycles. The van der Waals surface area contributed by atoms with Crippen LogP contribution in [0.25, 0.3) is 6.08 Å². The molecule has 0 saturated carbocycles. The molecule has 0 aliphatic carbocycles. The molecular formula is C17H16ClNO2. The molecule has 0 spiro atoms. The molecule has 0 radical (unpaired) electrons. The third kappa shape index (κ3) is 4.10. The van der Waals surface area contributed by atoms with Gasteiger partial charge in [-0.2, -0.15) is 0 Å². The Labute approximate surface area is 129 Å². The Bertz CT molecular complexity index is 680. The molecule has 21 heavy (non-hydrogen) atoms. The molecule has 0 atom stereocenters.